The number of nitrogens with one attached hydrogen (secondary N) is 1. The van der Waals surface area contributed by atoms with Crippen molar-refractivity contribution in [3.8, 4) is 0 Å². The lowest BCUT2D eigenvalue weighted by atomic mass is 10.1. The normalized spacial score (nSPS) is 10.4. The van der Waals surface area contributed by atoms with Crippen molar-refractivity contribution in [2.45, 2.75) is 20.8 Å². The number of aryl methyl sites for hydroxylation is 2. The summed E-state index contributed by atoms with van der Waals surface area (Å²) in [6, 6.07) is 5.90. The Bertz CT molecular complexity index is 377. The molecule has 0 aliphatic carbocycles. The summed E-state index contributed by atoms with van der Waals surface area (Å²) in [6.45, 7) is 6.37. The molecule has 16 heavy (non-hydrogen) atoms. The molecule has 1 amide bonds. The molecule has 0 heterocycles. The van der Waals surface area contributed by atoms with Crippen LogP contribution >= 0.6 is 0 Å². The smallest absolute Gasteiger partial charge is 0.251 e. The third-order valence-electron chi connectivity index (χ3n) is 2.21. The van der Waals surface area contributed by atoms with Crippen LogP contribution in [0.25, 0.3) is 0 Å². The standard InChI is InChI=1S/C13H17NO2/c1-4-16-9-8-12(15)14-13-10(2)6-5-7-11(13)3/h5-9H,4H2,1-3H3,(H,14,15). The van der Waals surface area contributed by atoms with E-state index in [9.17, 15) is 4.79 Å². The van der Waals surface area contributed by atoms with E-state index in [0.717, 1.165) is 16.8 Å². The van der Waals surface area contributed by atoms with E-state index >= 15 is 0 Å². The highest BCUT2D eigenvalue weighted by Gasteiger charge is 2.03. The maximum Gasteiger partial charge on any atom is 0.251 e. The van der Waals surface area contributed by atoms with Gasteiger partial charge in [0.1, 0.15) is 0 Å². The van der Waals surface area contributed by atoms with E-state index in [2.05, 4.69) is 5.32 Å². The molecule has 0 fully saturated rings. The fourth-order valence-electron chi connectivity index (χ4n) is 1.38. The highest BCUT2D eigenvalue weighted by molar-refractivity contribution is 6.00. The molecule has 1 aromatic carbocycles. The largest absolute Gasteiger partial charge is 0.501 e. The molecule has 1 aromatic rings. The van der Waals surface area contributed by atoms with Crippen LogP contribution in [-0.2, 0) is 9.53 Å². The van der Waals surface area contributed by atoms with Crippen LogP contribution in [0.1, 0.15) is 18.1 Å². The summed E-state index contributed by atoms with van der Waals surface area (Å²) in [5, 5.41) is 2.83. The molecule has 0 atom stereocenters. The Balaban J connectivity index is 2.70. The van der Waals surface area contributed by atoms with E-state index in [-0.39, 0.29) is 5.91 Å². The first kappa shape index (κ1) is 12.3. The van der Waals surface area contributed by atoms with Gasteiger partial charge in [0.15, 0.2) is 0 Å². The zero-order valence-electron chi connectivity index (χ0n) is 9.91. The van der Waals surface area contributed by atoms with Crippen LogP contribution in [0.5, 0.6) is 0 Å². The van der Waals surface area contributed by atoms with Crippen molar-refractivity contribution < 1.29 is 9.53 Å². The molecule has 0 saturated heterocycles. The van der Waals surface area contributed by atoms with Crippen LogP contribution < -0.4 is 5.32 Å². The minimum atomic E-state index is -0.175. The molecule has 0 aliphatic rings. The summed E-state index contributed by atoms with van der Waals surface area (Å²) < 4.78 is 4.96. The second-order valence-electron chi connectivity index (χ2n) is 3.51. The van der Waals surface area contributed by atoms with Gasteiger partial charge in [-0.25, -0.2) is 0 Å². The Morgan fingerprint density at radius 3 is 2.56 bits per heavy atom. The Hall–Kier alpha value is -1.77. The molecule has 3 heteroatoms. The van der Waals surface area contributed by atoms with Gasteiger partial charge in [0, 0.05) is 11.8 Å². The van der Waals surface area contributed by atoms with Crippen molar-refractivity contribution >= 4 is 11.6 Å². The first-order valence-corrected chi connectivity index (χ1v) is 5.30. The third-order valence-corrected chi connectivity index (χ3v) is 2.21. The molecule has 0 aliphatic heterocycles. The molecule has 0 spiro atoms. The summed E-state index contributed by atoms with van der Waals surface area (Å²) in [4.78, 5) is 11.5. The van der Waals surface area contributed by atoms with Crippen molar-refractivity contribution in [2.24, 2.45) is 0 Å². The second-order valence-corrected chi connectivity index (χ2v) is 3.51. The van der Waals surface area contributed by atoms with Gasteiger partial charge in [0.05, 0.1) is 12.9 Å². The zero-order chi connectivity index (χ0) is 12.0. The molecule has 86 valence electrons. The van der Waals surface area contributed by atoms with Crippen LogP contribution in [-0.4, -0.2) is 12.5 Å². The van der Waals surface area contributed by atoms with Gasteiger partial charge in [-0.3, -0.25) is 4.79 Å². The van der Waals surface area contributed by atoms with Crippen LogP contribution in [0.3, 0.4) is 0 Å². The predicted octanol–water partition coefficient (Wildman–Crippen LogP) is 2.79. The van der Waals surface area contributed by atoms with Crippen molar-refractivity contribution in [1.29, 1.82) is 0 Å². The summed E-state index contributed by atoms with van der Waals surface area (Å²) >= 11 is 0. The van der Waals surface area contributed by atoms with Crippen molar-refractivity contribution in [3.63, 3.8) is 0 Å². The average molecular weight is 219 g/mol. The first-order chi connectivity index (χ1) is 7.65. The number of anilines is 1. The lowest BCUT2D eigenvalue weighted by Crippen LogP contribution is -2.10. The highest BCUT2D eigenvalue weighted by atomic mass is 16.5. The van der Waals surface area contributed by atoms with Gasteiger partial charge < -0.3 is 10.1 Å². The molecule has 0 saturated carbocycles. The minimum Gasteiger partial charge on any atom is -0.501 e. The van der Waals surface area contributed by atoms with Gasteiger partial charge >= 0.3 is 0 Å². The van der Waals surface area contributed by atoms with E-state index in [0.29, 0.717) is 6.61 Å². The van der Waals surface area contributed by atoms with Gasteiger partial charge in [-0.15, -0.1) is 0 Å². The Morgan fingerprint density at radius 2 is 2.00 bits per heavy atom. The molecule has 1 rings (SSSR count). The highest BCUT2D eigenvalue weighted by Crippen LogP contribution is 2.19. The van der Waals surface area contributed by atoms with Crippen molar-refractivity contribution in [2.75, 3.05) is 11.9 Å². The summed E-state index contributed by atoms with van der Waals surface area (Å²) in [5.74, 6) is -0.175. The number of ether oxygens (including phenoxy) is 1. The molecular weight excluding hydrogens is 202 g/mol. The summed E-state index contributed by atoms with van der Waals surface area (Å²) in [7, 11) is 0. The molecule has 3 nitrogen and oxygen atoms in total. The first-order valence-electron chi connectivity index (χ1n) is 5.30. The maximum absolute atomic E-state index is 11.5. The van der Waals surface area contributed by atoms with Crippen LogP contribution in [0.15, 0.2) is 30.5 Å². The Labute approximate surface area is 96.1 Å². The number of amides is 1. The van der Waals surface area contributed by atoms with Crippen LogP contribution in [0.2, 0.25) is 0 Å². The van der Waals surface area contributed by atoms with Gasteiger partial charge in [-0.1, -0.05) is 18.2 Å². The van der Waals surface area contributed by atoms with Gasteiger partial charge in [-0.2, -0.15) is 0 Å². The molecule has 0 unspecified atom stereocenters. The quantitative estimate of drug-likeness (QED) is 0.624. The average Bonchev–Trinajstić information content (AvgIpc) is 2.24. The Morgan fingerprint density at radius 1 is 1.38 bits per heavy atom. The number of rotatable bonds is 4. The number of para-hydroxylation sites is 1. The van der Waals surface area contributed by atoms with Crippen LogP contribution in [0.4, 0.5) is 5.69 Å². The van der Waals surface area contributed by atoms with E-state index in [4.69, 9.17) is 4.74 Å². The SMILES string of the molecule is CCOC=CC(=O)Nc1c(C)cccc1C. The van der Waals surface area contributed by atoms with Gasteiger partial charge in [0.2, 0.25) is 0 Å². The minimum absolute atomic E-state index is 0.175. The number of carbonyl (C=O) groups is 1. The lowest BCUT2D eigenvalue weighted by Gasteiger charge is -2.09. The van der Waals surface area contributed by atoms with E-state index in [1.165, 1.54) is 12.3 Å². The number of carbonyl (C=O) groups excluding carboxylic acids is 1. The third kappa shape index (κ3) is 3.42. The fourth-order valence-corrected chi connectivity index (χ4v) is 1.38. The zero-order valence-corrected chi connectivity index (χ0v) is 9.91. The molecule has 1 N–H and O–H groups in total. The number of hydrogen-bond donors (Lipinski definition) is 1. The van der Waals surface area contributed by atoms with Gasteiger partial charge in [-0.05, 0) is 31.9 Å². The molecule has 0 bridgehead atoms. The lowest BCUT2D eigenvalue weighted by molar-refractivity contribution is -0.112. The van der Waals surface area contributed by atoms with Gasteiger partial charge in [0.25, 0.3) is 5.91 Å². The van der Waals surface area contributed by atoms with E-state index < -0.39 is 0 Å². The predicted molar refractivity (Wildman–Crippen MR) is 65.3 cm³/mol. The Kier molecular flexibility index (Phi) is 4.58. The van der Waals surface area contributed by atoms with Crippen molar-refractivity contribution in [3.05, 3.63) is 41.7 Å². The topological polar surface area (TPSA) is 38.3 Å². The number of hydrogen-bond acceptors (Lipinski definition) is 2. The van der Waals surface area contributed by atoms with Crippen molar-refractivity contribution in [1.82, 2.24) is 0 Å². The van der Waals surface area contributed by atoms with E-state index in [1.807, 2.05) is 39.0 Å². The summed E-state index contributed by atoms with van der Waals surface area (Å²) in [5.41, 5.74) is 2.98. The second kappa shape index (κ2) is 5.95. The fraction of sp³-hybridized carbons (Fsp3) is 0.308. The molecule has 0 aromatic heterocycles. The number of benzene rings is 1. The maximum atomic E-state index is 11.5. The monoisotopic (exact) mass is 219 g/mol. The van der Waals surface area contributed by atoms with Crippen LogP contribution in [0, 0.1) is 13.8 Å². The molecular formula is C13H17NO2. The molecule has 0 radical (unpaired) electrons. The van der Waals surface area contributed by atoms with E-state index in [1.54, 1.807) is 0 Å². The summed E-state index contributed by atoms with van der Waals surface area (Å²) in [6.07, 6.45) is 2.79.